The number of hydrogen-bond donors (Lipinski definition) is 2. The Bertz CT molecular complexity index is 1350. The highest BCUT2D eigenvalue weighted by atomic mass is 16.5. The molecule has 0 radical (unpaired) electrons. The van der Waals surface area contributed by atoms with Crippen LogP contribution in [0.1, 0.15) is 40.5 Å². The lowest BCUT2D eigenvalue weighted by Crippen LogP contribution is -2.32. The summed E-state index contributed by atoms with van der Waals surface area (Å²) in [7, 11) is 3.34. The van der Waals surface area contributed by atoms with Gasteiger partial charge < -0.3 is 19.6 Å². The molecule has 5 rings (SSSR count). The molecule has 0 spiro atoms. The molecule has 0 unspecified atom stereocenters. The first-order chi connectivity index (χ1) is 14.6. The van der Waals surface area contributed by atoms with Gasteiger partial charge in [0.25, 0.3) is 11.5 Å². The molecule has 1 amide bonds. The fourth-order valence-corrected chi connectivity index (χ4v) is 4.55. The predicted molar refractivity (Wildman–Crippen MR) is 117 cm³/mol. The summed E-state index contributed by atoms with van der Waals surface area (Å²) in [5, 5.41) is 5.58. The van der Waals surface area contributed by atoms with Crippen molar-refractivity contribution in [3.63, 3.8) is 0 Å². The topological polar surface area (TPSA) is 76.1 Å². The van der Waals surface area contributed by atoms with Crippen molar-refractivity contribution in [2.45, 2.75) is 25.3 Å². The maximum atomic E-state index is 13.3. The Morgan fingerprint density at radius 2 is 1.97 bits per heavy atom. The van der Waals surface area contributed by atoms with Gasteiger partial charge in [0.1, 0.15) is 5.75 Å². The zero-order chi connectivity index (χ0) is 20.8. The van der Waals surface area contributed by atoms with Crippen molar-refractivity contribution in [1.29, 1.82) is 0 Å². The van der Waals surface area contributed by atoms with E-state index in [1.165, 1.54) is 10.1 Å². The number of H-pyrrole nitrogens is 1. The molecular weight excluding hydrogens is 378 g/mol. The molecule has 4 aromatic rings. The number of rotatable bonds is 3. The van der Waals surface area contributed by atoms with E-state index in [0.717, 1.165) is 41.6 Å². The van der Waals surface area contributed by atoms with Crippen molar-refractivity contribution in [1.82, 2.24) is 14.9 Å². The van der Waals surface area contributed by atoms with Gasteiger partial charge in [0.05, 0.1) is 18.7 Å². The number of aromatic nitrogens is 2. The smallest absolute Gasteiger partial charge is 0.258 e. The molecule has 0 bridgehead atoms. The van der Waals surface area contributed by atoms with E-state index < -0.39 is 0 Å². The number of ether oxygens (including phenoxy) is 1. The van der Waals surface area contributed by atoms with Crippen LogP contribution in [0.25, 0.3) is 21.7 Å². The zero-order valence-electron chi connectivity index (χ0n) is 17.0. The molecule has 6 nitrogen and oxygen atoms in total. The summed E-state index contributed by atoms with van der Waals surface area (Å²) in [5.41, 5.74) is 3.76. The van der Waals surface area contributed by atoms with Crippen LogP contribution in [0.4, 0.5) is 0 Å². The molecule has 0 aliphatic heterocycles. The number of carbonyl (C=O) groups excluding carboxylic acids is 1. The molecule has 1 aliphatic rings. The lowest BCUT2D eigenvalue weighted by molar-refractivity contribution is 0.0933. The predicted octanol–water partition coefficient (Wildman–Crippen LogP) is 3.84. The first kappa shape index (κ1) is 18.5. The molecule has 0 saturated heterocycles. The molecule has 2 aromatic carbocycles. The Morgan fingerprint density at radius 3 is 2.77 bits per heavy atom. The largest absolute Gasteiger partial charge is 0.497 e. The average molecular weight is 401 g/mol. The molecule has 2 N–H and O–H groups in total. The van der Waals surface area contributed by atoms with E-state index in [9.17, 15) is 9.59 Å². The number of amides is 1. The standard InChI is InChI=1S/C24H23N3O3/c1-27-13-19(15-6-3-4-7-17(15)24(27)29)23(28)26-21-9-5-8-16-18-12-14(30-2)10-11-20(18)25-22(16)21/h3-4,6-7,10-13,21,25H,5,8-9H2,1-2H3,(H,26,28)/t21-/m0/s1. The number of nitrogens with zero attached hydrogens (tertiary/aromatic N) is 1. The second-order valence-electron chi connectivity index (χ2n) is 7.85. The van der Waals surface area contributed by atoms with Crippen LogP contribution in [0.5, 0.6) is 5.75 Å². The van der Waals surface area contributed by atoms with Gasteiger partial charge >= 0.3 is 0 Å². The number of aromatic amines is 1. The number of nitrogens with one attached hydrogen (secondary N) is 2. The van der Waals surface area contributed by atoms with Gasteiger partial charge in [-0.1, -0.05) is 18.2 Å². The minimum atomic E-state index is -0.170. The third-order valence-corrected chi connectivity index (χ3v) is 6.06. The van der Waals surface area contributed by atoms with Crippen LogP contribution >= 0.6 is 0 Å². The minimum Gasteiger partial charge on any atom is -0.497 e. The number of hydrogen-bond acceptors (Lipinski definition) is 3. The van der Waals surface area contributed by atoms with Gasteiger partial charge in [-0.3, -0.25) is 9.59 Å². The van der Waals surface area contributed by atoms with Crippen molar-refractivity contribution >= 4 is 27.6 Å². The van der Waals surface area contributed by atoms with Gasteiger partial charge in [-0.25, -0.2) is 0 Å². The SMILES string of the molecule is COc1ccc2[nH]c3c(c2c1)CCC[C@@H]3NC(=O)c1cn(C)c(=O)c2ccccc12. The number of benzene rings is 2. The molecule has 30 heavy (non-hydrogen) atoms. The summed E-state index contributed by atoms with van der Waals surface area (Å²) in [4.78, 5) is 29.2. The Morgan fingerprint density at radius 1 is 1.17 bits per heavy atom. The number of aryl methyl sites for hydroxylation is 2. The van der Waals surface area contributed by atoms with E-state index in [1.807, 2.05) is 30.3 Å². The third-order valence-electron chi connectivity index (χ3n) is 6.06. The van der Waals surface area contributed by atoms with E-state index in [4.69, 9.17) is 4.74 Å². The highest BCUT2D eigenvalue weighted by Gasteiger charge is 2.27. The lowest BCUT2D eigenvalue weighted by atomic mass is 9.91. The molecular formula is C24H23N3O3. The quantitative estimate of drug-likeness (QED) is 0.548. The molecule has 152 valence electrons. The Hall–Kier alpha value is -3.54. The summed E-state index contributed by atoms with van der Waals surface area (Å²) in [6.45, 7) is 0. The zero-order valence-corrected chi connectivity index (χ0v) is 17.0. The number of pyridine rings is 1. The molecule has 0 fully saturated rings. The highest BCUT2D eigenvalue weighted by molar-refractivity contribution is 6.06. The van der Waals surface area contributed by atoms with Crippen LogP contribution in [0.3, 0.4) is 0 Å². The average Bonchev–Trinajstić information content (AvgIpc) is 3.15. The number of fused-ring (bicyclic) bond motifs is 4. The molecule has 2 aromatic heterocycles. The van der Waals surface area contributed by atoms with Gasteiger partial charge in [-0.15, -0.1) is 0 Å². The van der Waals surface area contributed by atoms with Crippen LogP contribution in [0, 0.1) is 0 Å². The maximum absolute atomic E-state index is 13.3. The Labute approximate surface area is 173 Å². The van der Waals surface area contributed by atoms with Crippen molar-refractivity contribution in [3.8, 4) is 5.75 Å². The minimum absolute atomic E-state index is 0.101. The van der Waals surface area contributed by atoms with Gasteiger partial charge in [0.2, 0.25) is 0 Å². The normalized spacial score (nSPS) is 15.9. The van der Waals surface area contributed by atoms with Crippen LogP contribution in [0.15, 0.2) is 53.5 Å². The summed E-state index contributed by atoms with van der Waals surface area (Å²) < 4.78 is 6.85. The summed E-state index contributed by atoms with van der Waals surface area (Å²) >= 11 is 0. The number of methoxy groups -OCH3 is 1. The van der Waals surface area contributed by atoms with Crippen LogP contribution in [-0.4, -0.2) is 22.6 Å². The van der Waals surface area contributed by atoms with Crippen molar-refractivity contribution in [3.05, 3.63) is 75.8 Å². The van der Waals surface area contributed by atoms with Crippen LogP contribution in [0.2, 0.25) is 0 Å². The van der Waals surface area contributed by atoms with E-state index in [2.05, 4.69) is 16.4 Å². The number of carbonyl (C=O) groups is 1. The lowest BCUT2D eigenvalue weighted by Gasteiger charge is -2.24. The second-order valence-corrected chi connectivity index (χ2v) is 7.85. The van der Waals surface area contributed by atoms with Gasteiger partial charge in [-0.05, 0) is 49.1 Å². The van der Waals surface area contributed by atoms with Crippen LogP contribution in [-0.2, 0) is 13.5 Å². The second kappa shape index (κ2) is 7.06. The highest BCUT2D eigenvalue weighted by Crippen LogP contribution is 2.36. The van der Waals surface area contributed by atoms with E-state index in [0.29, 0.717) is 16.3 Å². The van der Waals surface area contributed by atoms with Crippen molar-refractivity contribution in [2.75, 3.05) is 7.11 Å². The van der Waals surface area contributed by atoms with Crippen molar-refractivity contribution < 1.29 is 9.53 Å². The first-order valence-electron chi connectivity index (χ1n) is 10.1. The van der Waals surface area contributed by atoms with E-state index in [-0.39, 0.29) is 17.5 Å². The first-order valence-corrected chi connectivity index (χ1v) is 10.1. The van der Waals surface area contributed by atoms with E-state index >= 15 is 0 Å². The summed E-state index contributed by atoms with van der Waals surface area (Å²) in [6.07, 6.45) is 4.46. The molecule has 1 atom stereocenters. The molecule has 2 heterocycles. The third kappa shape index (κ3) is 2.87. The summed E-state index contributed by atoms with van der Waals surface area (Å²) in [6, 6.07) is 13.2. The van der Waals surface area contributed by atoms with Gasteiger partial charge in [-0.2, -0.15) is 0 Å². The molecule has 1 aliphatic carbocycles. The molecule has 0 saturated carbocycles. The van der Waals surface area contributed by atoms with Gasteiger partial charge in [0.15, 0.2) is 0 Å². The molecule has 6 heteroatoms. The monoisotopic (exact) mass is 401 g/mol. The maximum Gasteiger partial charge on any atom is 0.258 e. The summed E-state index contributed by atoms with van der Waals surface area (Å²) in [5.74, 6) is 0.656. The van der Waals surface area contributed by atoms with E-state index in [1.54, 1.807) is 26.4 Å². The van der Waals surface area contributed by atoms with Crippen LogP contribution < -0.4 is 15.6 Å². The Kier molecular flexibility index (Phi) is 4.35. The fourth-order valence-electron chi connectivity index (χ4n) is 4.55. The van der Waals surface area contributed by atoms with Gasteiger partial charge in [0, 0.05) is 40.6 Å². The fraction of sp³-hybridized carbons (Fsp3) is 0.250. The van der Waals surface area contributed by atoms with Crippen molar-refractivity contribution in [2.24, 2.45) is 7.05 Å². The Balaban J connectivity index is 1.54.